The third-order valence-corrected chi connectivity index (χ3v) is 3.94. The topological polar surface area (TPSA) is 64.4 Å². The van der Waals surface area contributed by atoms with Crippen LogP contribution in [0.4, 0.5) is 5.69 Å². The number of benzene rings is 2. The summed E-state index contributed by atoms with van der Waals surface area (Å²) in [5, 5.41) is 7.21. The van der Waals surface area contributed by atoms with E-state index in [0.29, 0.717) is 16.5 Å². The number of nitrogens with one attached hydrogen (secondary N) is 1. The highest BCUT2D eigenvalue weighted by Gasteiger charge is 2.15. The molecule has 0 aliphatic rings. The molecule has 1 N–H and O–H groups in total. The van der Waals surface area contributed by atoms with Crippen molar-refractivity contribution in [1.82, 2.24) is 5.16 Å². The average Bonchev–Trinajstić information content (AvgIpc) is 3.08. The third-order valence-electron chi connectivity index (χ3n) is 3.70. The van der Waals surface area contributed by atoms with Gasteiger partial charge in [0.25, 0.3) is 5.91 Å². The highest BCUT2D eigenvalue weighted by Crippen LogP contribution is 2.25. The summed E-state index contributed by atoms with van der Waals surface area (Å²) in [5.74, 6) is 0.928. The number of amides is 1. The normalized spacial score (nSPS) is 10.8. The molecule has 0 aliphatic heterocycles. The van der Waals surface area contributed by atoms with Gasteiger partial charge in [-0.15, -0.1) is 0 Å². The summed E-state index contributed by atoms with van der Waals surface area (Å²) >= 11 is 5.98. The summed E-state index contributed by atoms with van der Waals surface area (Å²) in [5.41, 5.74) is 2.56. The van der Waals surface area contributed by atoms with E-state index in [1.165, 1.54) is 0 Å². The maximum atomic E-state index is 12.4. The zero-order valence-electron chi connectivity index (χ0n) is 14.7. The minimum atomic E-state index is -0.356. The molecule has 26 heavy (non-hydrogen) atoms. The second kappa shape index (κ2) is 7.62. The Morgan fingerprint density at radius 1 is 1.15 bits per heavy atom. The van der Waals surface area contributed by atoms with Gasteiger partial charge in [-0.05, 0) is 62.7 Å². The Morgan fingerprint density at radius 3 is 2.58 bits per heavy atom. The van der Waals surface area contributed by atoms with Crippen molar-refractivity contribution in [2.45, 2.75) is 26.9 Å². The first-order valence-electron chi connectivity index (χ1n) is 8.23. The summed E-state index contributed by atoms with van der Waals surface area (Å²) < 4.78 is 10.9. The number of carbonyl (C=O) groups excluding carboxylic acids is 1. The molecule has 134 valence electrons. The van der Waals surface area contributed by atoms with Gasteiger partial charge in [0, 0.05) is 22.3 Å². The van der Waals surface area contributed by atoms with Gasteiger partial charge < -0.3 is 14.6 Å². The van der Waals surface area contributed by atoms with Crippen molar-refractivity contribution in [2.75, 3.05) is 5.32 Å². The molecule has 5 nitrogen and oxygen atoms in total. The van der Waals surface area contributed by atoms with Gasteiger partial charge in [0.05, 0.1) is 6.10 Å². The number of rotatable bonds is 5. The van der Waals surface area contributed by atoms with Crippen LogP contribution in [0.2, 0.25) is 5.02 Å². The van der Waals surface area contributed by atoms with Gasteiger partial charge in [-0.2, -0.15) is 0 Å². The van der Waals surface area contributed by atoms with Gasteiger partial charge in [-0.25, -0.2) is 0 Å². The van der Waals surface area contributed by atoms with Gasteiger partial charge in [0.2, 0.25) is 0 Å². The Bertz CT molecular complexity index is 917. The number of carbonyl (C=O) groups is 1. The second-order valence-corrected chi connectivity index (χ2v) is 6.62. The van der Waals surface area contributed by atoms with Crippen molar-refractivity contribution in [3.8, 4) is 17.1 Å². The largest absolute Gasteiger partial charge is 0.491 e. The van der Waals surface area contributed by atoms with Gasteiger partial charge in [-0.1, -0.05) is 22.8 Å². The SMILES string of the molecule is Cc1ccc(Cl)cc1NC(=O)c1cc(-c2ccc(OC(C)C)cc2)on1. The van der Waals surface area contributed by atoms with Crippen molar-refractivity contribution in [1.29, 1.82) is 0 Å². The molecule has 0 atom stereocenters. The van der Waals surface area contributed by atoms with Gasteiger partial charge in [0.1, 0.15) is 5.75 Å². The summed E-state index contributed by atoms with van der Waals surface area (Å²) in [7, 11) is 0. The van der Waals surface area contributed by atoms with E-state index < -0.39 is 0 Å². The molecule has 3 rings (SSSR count). The second-order valence-electron chi connectivity index (χ2n) is 6.18. The summed E-state index contributed by atoms with van der Waals surface area (Å²) in [6, 6.07) is 14.3. The minimum absolute atomic E-state index is 0.108. The number of aromatic nitrogens is 1. The molecule has 6 heteroatoms. The lowest BCUT2D eigenvalue weighted by Gasteiger charge is -2.09. The highest BCUT2D eigenvalue weighted by atomic mass is 35.5. The molecule has 3 aromatic rings. The number of aryl methyl sites for hydroxylation is 1. The molecule has 0 unspecified atom stereocenters. The predicted molar refractivity (Wildman–Crippen MR) is 102 cm³/mol. The first-order chi connectivity index (χ1) is 12.4. The van der Waals surface area contributed by atoms with Crippen LogP contribution in [0.1, 0.15) is 29.9 Å². The first kappa shape index (κ1) is 18.0. The lowest BCUT2D eigenvalue weighted by atomic mass is 10.1. The van der Waals surface area contributed by atoms with Crippen LogP contribution in [-0.2, 0) is 0 Å². The van der Waals surface area contributed by atoms with Crippen LogP contribution in [-0.4, -0.2) is 17.2 Å². The smallest absolute Gasteiger partial charge is 0.277 e. The van der Waals surface area contributed by atoms with E-state index in [1.807, 2.05) is 51.1 Å². The molecule has 0 bridgehead atoms. The monoisotopic (exact) mass is 370 g/mol. The molecular weight excluding hydrogens is 352 g/mol. The Hall–Kier alpha value is -2.79. The molecule has 0 saturated heterocycles. The third kappa shape index (κ3) is 4.24. The molecular formula is C20H19ClN2O3. The van der Waals surface area contributed by atoms with Gasteiger partial charge in [-0.3, -0.25) is 4.79 Å². The standard InChI is InChI=1S/C20H19ClN2O3/c1-12(2)25-16-8-5-14(6-9-16)19-11-18(23-26-19)20(24)22-17-10-15(21)7-4-13(17)3/h4-12H,1-3H3,(H,22,24). The Labute approximate surface area is 156 Å². The molecule has 0 fully saturated rings. The zero-order chi connectivity index (χ0) is 18.7. The van der Waals surface area contributed by atoms with Crippen molar-refractivity contribution < 1.29 is 14.1 Å². The zero-order valence-corrected chi connectivity index (χ0v) is 15.5. The van der Waals surface area contributed by atoms with Gasteiger partial charge >= 0.3 is 0 Å². The number of hydrogen-bond acceptors (Lipinski definition) is 4. The van der Waals surface area contributed by atoms with Crippen LogP contribution >= 0.6 is 11.6 Å². The van der Waals surface area contributed by atoms with E-state index in [9.17, 15) is 4.79 Å². The number of ether oxygens (including phenoxy) is 1. The molecule has 0 aliphatic carbocycles. The summed E-state index contributed by atoms with van der Waals surface area (Å²) in [6.45, 7) is 5.83. The maximum absolute atomic E-state index is 12.4. The van der Waals surface area contributed by atoms with E-state index in [-0.39, 0.29) is 17.7 Å². The Kier molecular flexibility index (Phi) is 5.28. The lowest BCUT2D eigenvalue weighted by Crippen LogP contribution is -2.13. The fourth-order valence-corrected chi connectivity index (χ4v) is 2.58. The van der Waals surface area contributed by atoms with Crippen molar-refractivity contribution in [3.05, 3.63) is 64.8 Å². The van der Waals surface area contributed by atoms with Crippen LogP contribution in [0.15, 0.2) is 53.1 Å². The lowest BCUT2D eigenvalue weighted by molar-refractivity contribution is 0.101. The average molecular weight is 371 g/mol. The van der Waals surface area contributed by atoms with Crippen molar-refractivity contribution in [3.63, 3.8) is 0 Å². The molecule has 1 heterocycles. The fraction of sp³-hybridized carbons (Fsp3) is 0.200. The summed E-state index contributed by atoms with van der Waals surface area (Å²) in [4.78, 5) is 12.4. The molecule has 0 saturated carbocycles. The molecule has 0 radical (unpaired) electrons. The van der Waals surface area contributed by atoms with E-state index in [0.717, 1.165) is 16.9 Å². The maximum Gasteiger partial charge on any atom is 0.277 e. The van der Waals surface area contributed by atoms with E-state index >= 15 is 0 Å². The Balaban J connectivity index is 1.74. The minimum Gasteiger partial charge on any atom is -0.491 e. The highest BCUT2D eigenvalue weighted by molar-refractivity contribution is 6.31. The molecule has 2 aromatic carbocycles. The number of hydrogen-bond donors (Lipinski definition) is 1. The Morgan fingerprint density at radius 2 is 1.88 bits per heavy atom. The van der Waals surface area contributed by atoms with Crippen LogP contribution in [0.3, 0.4) is 0 Å². The predicted octanol–water partition coefficient (Wildman–Crippen LogP) is 5.34. The molecule has 0 spiro atoms. The van der Waals surface area contributed by atoms with Crippen LogP contribution in [0, 0.1) is 6.92 Å². The molecule has 1 amide bonds. The number of anilines is 1. The summed E-state index contributed by atoms with van der Waals surface area (Å²) in [6.07, 6.45) is 0.108. The van der Waals surface area contributed by atoms with Crippen LogP contribution < -0.4 is 10.1 Å². The van der Waals surface area contributed by atoms with E-state index in [4.69, 9.17) is 20.9 Å². The quantitative estimate of drug-likeness (QED) is 0.658. The first-order valence-corrected chi connectivity index (χ1v) is 8.61. The number of halogens is 1. The fourth-order valence-electron chi connectivity index (χ4n) is 2.40. The molecule has 1 aromatic heterocycles. The van der Waals surface area contributed by atoms with E-state index in [1.54, 1.807) is 18.2 Å². The van der Waals surface area contributed by atoms with Gasteiger partial charge in [0.15, 0.2) is 11.5 Å². The van der Waals surface area contributed by atoms with E-state index in [2.05, 4.69) is 10.5 Å². The van der Waals surface area contributed by atoms with Crippen LogP contribution in [0.5, 0.6) is 5.75 Å². The van der Waals surface area contributed by atoms with Crippen molar-refractivity contribution >= 4 is 23.2 Å². The van der Waals surface area contributed by atoms with Crippen molar-refractivity contribution in [2.24, 2.45) is 0 Å². The van der Waals surface area contributed by atoms with Crippen LogP contribution in [0.25, 0.3) is 11.3 Å². The number of nitrogens with zero attached hydrogens (tertiary/aromatic N) is 1.